The number of thiazole rings is 1. The predicted octanol–water partition coefficient (Wildman–Crippen LogP) is 3.87. The Morgan fingerprint density at radius 2 is 2.00 bits per heavy atom. The number of aromatic nitrogens is 5. The molecule has 142 valence electrons. The van der Waals surface area contributed by atoms with Crippen molar-refractivity contribution in [3.63, 3.8) is 0 Å². The van der Waals surface area contributed by atoms with Crippen molar-refractivity contribution < 1.29 is 13.2 Å². The van der Waals surface area contributed by atoms with E-state index in [2.05, 4.69) is 31.2 Å². The van der Waals surface area contributed by atoms with Crippen LogP contribution in [0.3, 0.4) is 0 Å². The number of hydrogen-bond acceptors (Lipinski definition) is 6. The van der Waals surface area contributed by atoms with Crippen LogP contribution in [0, 0.1) is 0 Å². The third-order valence-corrected chi connectivity index (χ3v) is 5.48. The second-order valence-corrected chi connectivity index (χ2v) is 7.43. The van der Waals surface area contributed by atoms with E-state index in [4.69, 9.17) is 0 Å². The molecule has 4 rings (SSSR count). The molecule has 6 nitrogen and oxygen atoms in total. The van der Waals surface area contributed by atoms with Gasteiger partial charge in [-0.3, -0.25) is 0 Å². The van der Waals surface area contributed by atoms with Crippen LogP contribution < -0.4 is 5.32 Å². The molecule has 2 aromatic heterocycles. The summed E-state index contributed by atoms with van der Waals surface area (Å²) < 4.78 is 39.5. The zero-order chi connectivity index (χ0) is 19.0. The molecule has 1 N–H and O–H groups in total. The molecule has 27 heavy (non-hydrogen) atoms. The Kier molecular flexibility index (Phi) is 4.68. The quantitative estimate of drug-likeness (QED) is 0.688. The summed E-state index contributed by atoms with van der Waals surface area (Å²) in [6.45, 7) is 2.38. The van der Waals surface area contributed by atoms with E-state index in [0.717, 1.165) is 17.8 Å². The highest BCUT2D eigenvalue weighted by molar-refractivity contribution is 7.09. The molecule has 3 aromatic rings. The summed E-state index contributed by atoms with van der Waals surface area (Å²) in [5, 5.41) is 18.1. The van der Waals surface area contributed by atoms with Crippen LogP contribution in [0.4, 0.5) is 13.2 Å². The molecule has 10 heteroatoms. The van der Waals surface area contributed by atoms with Crippen molar-refractivity contribution >= 4 is 11.3 Å². The molecular formula is C17H17F3N6S. The van der Waals surface area contributed by atoms with Crippen molar-refractivity contribution in [2.75, 3.05) is 0 Å². The van der Waals surface area contributed by atoms with Gasteiger partial charge in [0.05, 0.1) is 28.5 Å². The maximum absolute atomic E-state index is 12.7. The number of nitrogens with one attached hydrogen (secondary N) is 1. The van der Waals surface area contributed by atoms with E-state index in [-0.39, 0.29) is 6.04 Å². The predicted molar refractivity (Wildman–Crippen MR) is 93.5 cm³/mol. The van der Waals surface area contributed by atoms with E-state index in [1.807, 2.05) is 6.92 Å². The molecule has 0 radical (unpaired) electrons. The normalized spacial score (nSPS) is 15.9. The van der Waals surface area contributed by atoms with E-state index >= 15 is 0 Å². The van der Waals surface area contributed by atoms with Crippen LogP contribution in [0.2, 0.25) is 0 Å². The minimum Gasteiger partial charge on any atom is -0.302 e. The van der Waals surface area contributed by atoms with Crippen LogP contribution in [0.25, 0.3) is 5.69 Å². The molecule has 0 saturated heterocycles. The van der Waals surface area contributed by atoms with Crippen LogP contribution in [-0.4, -0.2) is 25.2 Å². The van der Waals surface area contributed by atoms with Gasteiger partial charge in [0.1, 0.15) is 0 Å². The highest BCUT2D eigenvalue weighted by Crippen LogP contribution is 2.41. The Bertz CT molecular complexity index is 913. The third kappa shape index (κ3) is 4.01. The van der Waals surface area contributed by atoms with Crippen molar-refractivity contribution in [1.29, 1.82) is 0 Å². The Hall–Kier alpha value is -2.33. The van der Waals surface area contributed by atoms with Crippen LogP contribution >= 0.6 is 11.3 Å². The smallest absolute Gasteiger partial charge is 0.302 e. The lowest BCUT2D eigenvalue weighted by molar-refractivity contribution is -0.137. The lowest BCUT2D eigenvalue weighted by Crippen LogP contribution is -2.21. The highest BCUT2D eigenvalue weighted by atomic mass is 32.1. The minimum absolute atomic E-state index is 0.0199. The average molecular weight is 394 g/mol. The number of benzene rings is 1. The number of hydrogen-bond donors (Lipinski definition) is 1. The van der Waals surface area contributed by atoms with Crippen molar-refractivity contribution in [2.24, 2.45) is 0 Å². The van der Waals surface area contributed by atoms with Gasteiger partial charge in [0, 0.05) is 17.3 Å². The number of nitrogens with zero attached hydrogens (tertiary/aromatic N) is 5. The number of rotatable bonds is 6. The first-order chi connectivity index (χ1) is 12.9. The Balaban J connectivity index is 1.43. The Morgan fingerprint density at radius 3 is 2.67 bits per heavy atom. The second kappa shape index (κ2) is 7.01. The third-order valence-electron chi connectivity index (χ3n) is 4.45. The van der Waals surface area contributed by atoms with E-state index < -0.39 is 11.7 Å². The molecule has 1 saturated carbocycles. The molecule has 2 heterocycles. The van der Waals surface area contributed by atoms with Gasteiger partial charge >= 0.3 is 6.18 Å². The molecule has 1 atom stereocenters. The van der Waals surface area contributed by atoms with Gasteiger partial charge in [-0.15, -0.1) is 16.4 Å². The van der Waals surface area contributed by atoms with Crippen LogP contribution in [-0.2, 0) is 12.7 Å². The van der Waals surface area contributed by atoms with Gasteiger partial charge in [0.2, 0.25) is 0 Å². The highest BCUT2D eigenvalue weighted by Gasteiger charge is 2.30. The summed E-state index contributed by atoms with van der Waals surface area (Å²) in [4.78, 5) is 4.68. The zero-order valence-corrected chi connectivity index (χ0v) is 15.3. The first-order valence-corrected chi connectivity index (χ1v) is 9.43. The van der Waals surface area contributed by atoms with Gasteiger partial charge < -0.3 is 5.32 Å². The molecule has 1 unspecified atom stereocenters. The molecular weight excluding hydrogens is 377 g/mol. The fourth-order valence-corrected chi connectivity index (χ4v) is 3.76. The standard InChI is InChI=1S/C17H17F3N6S/c1-10(14-9-27-16(22-14)11-2-3-11)21-8-15-23-24-25-26(15)13-6-4-12(5-7-13)17(18,19)20/h4-7,9-11,21H,2-3,8H2,1H3. The second-order valence-electron chi connectivity index (χ2n) is 6.54. The van der Waals surface area contributed by atoms with Crippen LogP contribution in [0.1, 0.15) is 53.8 Å². The SMILES string of the molecule is CC(NCc1nnnn1-c1ccc(C(F)(F)F)cc1)c1csc(C2CC2)n1. The van der Waals surface area contributed by atoms with Crippen LogP contribution in [0.5, 0.6) is 0 Å². The number of alkyl halides is 3. The maximum atomic E-state index is 12.7. The summed E-state index contributed by atoms with van der Waals surface area (Å²) >= 11 is 1.69. The molecule has 0 spiro atoms. The monoisotopic (exact) mass is 394 g/mol. The topological polar surface area (TPSA) is 68.5 Å². The van der Waals surface area contributed by atoms with Crippen molar-refractivity contribution in [3.8, 4) is 5.69 Å². The van der Waals surface area contributed by atoms with Gasteiger partial charge in [-0.05, 0) is 54.5 Å². The number of tetrazole rings is 1. The molecule has 0 bridgehead atoms. The zero-order valence-electron chi connectivity index (χ0n) is 14.4. The minimum atomic E-state index is -4.37. The fourth-order valence-electron chi connectivity index (χ4n) is 2.67. The molecule has 0 amide bonds. The fraction of sp³-hybridized carbons (Fsp3) is 0.412. The van der Waals surface area contributed by atoms with Crippen LogP contribution in [0.15, 0.2) is 29.6 Å². The summed E-state index contributed by atoms with van der Waals surface area (Å²) in [6.07, 6.45) is -1.93. The molecule has 1 aromatic carbocycles. The first-order valence-electron chi connectivity index (χ1n) is 8.55. The summed E-state index contributed by atoms with van der Waals surface area (Å²) in [5.41, 5.74) is 0.750. The molecule has 1 aliphatic carbocycles. The maximum Gasteiger partial charge on any atom is 0.416 e. The summed E-state index contributed by atoms with van der Waals surface area (Å²) in [5.74, 6) is 1.14. The number of halogens is 3. The average Bonchev–Trinajstić information content (AvgIpc) is 3.19. The molecule has 1 aliphatic rings. The largest absolute Gasteiger partial charge is 0.416 e. The van der Waals surface area contributed by atoms with Crippen molar-refractivity contribution in [1.82, 2.24) is 30.5 Å². The van der Waals surface area contributed by atoms with Gasteiger partial charge in [0.25, 0.3) is 0 Å². The van der Waals surface area contributed by atoms with E-state index in [1.54, 1.807) is 11.3 Å². The van der Waals surface area contributed by atoms with Gasteiger partial charge in [0.15, 0.2) is 5.82 Å². The van der Waals surface area contributed by atoms with Crippen molar-refractivity contribution in [2.45, 2.75) is 44.4 Å². The van der Waals surface area contributed by atoms with Gasteiger partial charge in [-0.1, -0.05) is 0 Å². The lowest BCUT2D eigenvalue weighted by Gasteiger charge is -2.12. The van der Waals surface area contributed by atoms with E-state index in [9.17, 15) is 13.2 Å². The van der Waals surface area contributed by atoms with Crippen molar-refractivity contribution in [3.05, 3.63) is 51.7 Å². The Labute approximate surface area is 157 Å². The van der Waals surface area contributed by atoms with E-state index in [1.165, 1.54) is 34.7 Å². The lowest BCUT2D eigenvalue weighted by atomic mass is 10.2. The summed E-state index contributed by atoms with van der Waals surface area (Å²) in [7, 11) is 0. The Morgan fingerprint density at radius 1 is 1.26 bits per heavy atom. The van der Waals surface area contributed by atoms with Gasteiger partial charge in [-0.25, -0.2) is 4.98 Å². The van der Waals surface area contributed by atoms with Gasteiger partial charge in [-0.2, -0.15) is 17.9 Å². The summed E-state index contributed by atoms with van der Waals surface area (Å²) in [6, 6.07) is 4.77. The molecule has 0 aliphatic heterocycles. The first kappa shape index (κ1) is 18.1. The van der Waals surface area contributed by atoms with E-state index in [0.29, 0.717) is 24.0 Å². The molecule has 1 fully saturated rings.